The minimum absolute atomic E-state index is 0.236. The van der Waals surface area contributed by atoms with E-state index < -0.39 is 0 Å². The molecule has 1 aliphatic heterocycles. The van der Waals surface area contributed by atoms with Gasteiger partial charge < -0.3 is 14.9 Å². The third kappa shape index (κ3) is 4.02. The molecule has 1 aromatic carbocycles. The van der Waals surface area contributed by atoms with Crippen LogP contribution in [0, 0.1) is 12.8 Å². The number of anilines is 1. The number of benzene rings is 1. The van der Waals surface area contributed by atoms with Gasteiger partial charge in [-0.15, -0.1) is 0 Å². The van der Waals surface area contributed by atoms with Crippen molar-refractivity contribution in [2.45, 2.75) is 32.8 Å². The molecule has 130 valence electrons. The number of aryl methyl sites for hydroxylation is 1. The standard InChI is InChI=1S/C19H28N4O/c1-14(24)12-23-10-8-16(9-11-23)13-22(3)19-15(2)20-17-6-4-5-7-18(17)21-19/h4-7,14,16,24H,8-13H2,1-3H3/t14-/m1/s1. The molecule has 2 heterocycles. The fourth-order valence-corrected chi connectivity index (χ4v) is 3.64. The second-order valence-corrected chi connectivity index (χ2v) is 7.09. The highest BCUT2D eigenvalue weighted by Crippen LogP contribution is 2.23. The van der Waals surface area contributed by atoms with Crippen molar-refractivity contribution >= 4 is 16.9 Å². The quantitative estimate of drug-likeness (QED) is 0.914. The predicted molar refractivity (Wildman–Crippen MR) is 98.4 cm³/mol. The number of aromatic nitrogens is 2. The number of hydrogen-bond donors (Lipinski definition) is 1. The van der Waals surface area contributed by atoms with Crippen LogP contribution in [0.25, 0.3) is 11.0 Å². The fourth-order valence-electron chi connectivity index (χ4n) is 3.64. The molecule has 24 heavy (non-hydrogen) atoms. The second-order valence-electron chi connectivity index (χ2n) is 7.09. The van der Waals surface area contributed by atoms with Gasteiger partial charge in [-0.3, -0.25) is 0 Å². The van der Waals surface area contributed by atoms with Gasteiger partial charge in [0.15, 0.2) is 5.82 Å². The lowest BCUT2D eigenvalue weighted by Crippen LogP contribution is -2.40. The summed E-state index contributed by atoms with van der Waals surface area (Å²) in [6.45, 7) is 7.85. The van der Waals surface area contributed by atoms with E-state index in [9.17, 15) is 5.11 Å². The van der Waals surface area contributed by atoms with Crippen molar-refractivity contribution in [3.8, 4) is 0 Å². The van der Waals surface area contributed by atoms with Gasteiger partial charge in [-0.25, -0.2) is 9.97 Å². The van der Waals surface area contributed by atoms with Gasteiger partial charge >= 0.3 is 0 Å². The van der Waals surface area contributed by atoms with E-state index in [0.717, 1.165) is 48.7 Å². The van der Waals surface area contributed by atoms with Crippen LogP contribution < -0.4 is 4.90 Å². The molecule has 0 spiro atoms. The van der Waals surface area contributed by atoms with Gasteiger partial charge in [-0.05, 0) is 57.8 Å². The average Bonchev–Trinajstić information content (AvgIpc) is 2.55. The maximum Gasteiger partial charge on any atom is 0.150 e. The van der Waals surface area contributed by atoms with Crippen LogP contribution in [0.3, 0.4) is 0 Å². The molecule has 1 fully saturated rings. The number of likely N-dealkylation sites (tertiary alicyclic amines) is 1. The second kappa shape index (κ2) is 7.45. The first-order valence-electron chi connectivity index (χ1n) is 8.88. The fraction of sp³-hybridized carbons (Fsp3) is 0.579. The molecular formula is C19H28N4O. The molecule has 0 radical (unpaired) electrons. The molecule has 5 heteroatoms. The molecule has 0 unspecified atom stereocenters. The smallest absolute Gasteiger partial charge is 0.150 e. The third-order valence-corrected chi connectivity index (χ3v) is 4.84. The van der Waals surface area contributed by atoms with E-state index in [1.807, 2.05) is 38.1 Å². The molecule has 0 aliphatic carbocycles. The monoisotopic (exact) mass is 328 g/mol. The van der Waals surface area contributed by atoms with Crippen LogP contribution in [0.2, 0.25) is 0 Å². The number of aliphatic hydroxyl groups excluding tert-OH is 1. The van der Waals surface area contributed by atoms with Gasteiger partial charge in [-0.2, -0.15) is 0 Å². The van der Waals surface area contributed by atoms with Gasteiger partial charge in [0.2, 0.25) is 0 Å². The van der Waals surface area contributed by atoms with Crippen molar-refractivity contribution in [1.82, 2.24) is 14.9 Å². The lowest BCUT2D eigenvalue weighted by molar-refractivity contribution is 0.101. The number of rotatable bonds is 5. The Morgan fingerprint density at radius 1 is 1.21 bits per heavy atom. The lowest BCUT2D eigenvalue weighted by atomic mass is 9.96. The van der Waals surface area contributed by atoms with Crippen LogP contribution in [0.4, 0.5) is 5.82 Å². The zero-order chi connectivity index (χ0) is 17.1. The summed E-state index contributed by atoms with van der Waals surface area (Å²) < 4.78 is 0. The Kier molecular flexibility index (Phi) is 5.31. The average molecular weight is 328 g/mol. The van der Waals surface area contributed by atoms with Gasteiger partial charge in [0, 0.05) is 20.1 Å². The Bertz CT molecular complexity index is 680. The van der Waals surface area contributed by atoms with Crippen molar-refractivity contribution in [3.05, 3.63) is 30.0 Å². The van der Waals surface area contributed by atoms with Crippen molar-refractivity contribution in [2.75, 3.05) is 38.1 Å². The number of aliphatic hydroxyl groups is 1. The molecule has 0 bridgehead atoms. The topological polar surface area (TPSA) is 52.5 Å². The van der Waals surface area contributed by atoms with E-state index >= 15 is 0 Å². The van der Waals surface area contributed by atoms with Gasteiger partial charge in [0.1, 0.15) is 0 Å². The molecule has 2 aromatic rings. The molecule has 3 rings (SSSR count). The summed E-state index contributed by atoms with van der Waals surface area (Å²) in [5.41, 5.74) is 2.90. The third-order valence-electron chi connectivity index (χ3n) is 4.84. The van der Waals surface area contributed by atoms with Crippen LogP contribution in [0.15, 0.2) is 24.3 Å². The van der Waals surface area contributed by atoms with Gasteiger partial charge in [0.05, 0.1) is 22.8 Å². The molecule has 1 atom stereocenters. The van der Waals surface area contributed by atoms with Crippen LogP contribution in [0.1, 0.15) is 25.5 Å². The van der Waals surface area contributed by atoms with Crippen molar-refractivity contribution in [2.24, 2.45) is 5.92 Å². The summed E-state index contributed by atoms with van der Waals surface area (Å²) in [4.78, 5) is 14.1. The minimum atomic E-state index is -0.236. The maximum atomic E-state index is 9.52. The highest BCUT2D eigenvalue weighted by atomic mass is 16.3. The normalized spacial score (nSPS) is 18.0. The van der Waals surface area contributed by atoms with Crippen LogP contribution >= 0.6 is 0 Å². The predicted octanol–water partition coefficient (Wildman–Crippen LogP) is 2.47. The number of nitrogens with zero attached hydrogens (tertiary/aromatic N) is 4. The zero-order valence-electron chi connectivity index (χ0n) is 14.9. The Morgan fingerprint density at radius 3 is 2.46 bits per heavy atom. The summed E-state index contributed by atoms with van der Waals surface area (Å²) in [7, 11) is 2.12. The number of fused-ring (bicyclic) bond motifs is 1. The minimum Gasteiger partial charge on any atom is -0.392 e. The molecule has 1 saturated heterocycles. The van der Waals surface area contributed by atoms with Crippen molar-refractivity contribution < 1.29 is 5.11 Å². The van der Waals surface area contributed by atoms with E-state index in [0.29, 0.717) is 5.92 Å². The SMILES string of the molecule is Cc1nc2ccccc2nc1N(C)CC1CCN(C[C@@H](C)O)CC1. The number of piperidine rings is 1. The molecular weight excluding hydrogens is 300 g/mol. The molecule has 1 aliphatic rings. The Morgan fingerprint density at radius 2 is 1.83 bits per heavy atom. The van der Waals surface area contributed by atoms with E-state index in [4.69, 9.17) is 9.97 Å². The number of para-hydroxylation sites is 2. The summed E-state index contributed by atoms with van der Waals surface area (Å²) in [6.07, 6.45) is 2.12. The van der Waals surface area contributed by atoms with Crippen LogP contribution in [-0.2, 0) is 0 Å². The maximum absolute atomic E-state index is 9.52. The largest absolute Gasteiger partial charge is 0.392 e. The molecule has 0 amide bonds. The summed E-state index contributed by atoms with van der Waals surface area (Å²) >= 11 is 0. The first kappa shape index (κ1) is 17.1. The lowest BCUT2D eigenvalue weighted by Gasteiger charge is -2.34. The zero-order valence-corrected chi connectivity index (χ0v) is 14.9. The number of hydrogen-bond acceptors (Lipinski definition) is 5. The Balaban J connectivity index is 1.63. The van der Waals surface area contributed by atoms with E-state index in [1.165, 1.54) is 12.8 Å². The summed E-state index contributed by atoms with van der Waals surface area (Å²) in [6, 6.07) is 8.04. The van der Waals surface area contributed by atoms with Crippen LogP contribution in [-0.4, -0.2) is 59.3 Å². The van der Waals surface area contributed by atoms with Crippen molar-refractivity contribution in [3.63, 3.8) is 0 Å². The first-order chi connectivity index (χ1) is 11.5. The van der Waals surface area contributed by atoms with E-state index in [2.05, 4.69) is 16.8 Å². The Hall–Kier alpha value is -1.72. The van der Waals surface area contributed by atoms with Gasteiger partial charge in [-0.1, -0.05) is 12.1 Å². The molecule has 1 N–H and O–H groups in total. The molecule has 0 saturated carbocycles. The summed E-state index contributed by atoms with van der Waals surface area (Å²) in [5.74, 6) is 1.66. The van der Waals surface area contributed by atoms with Gasteiger partial charge in [0.25, 0.3) is 0 Å². The number of β-amino-alcohol motifs (C(OH)–C–C–N with tert-alkyl or cyclic N) is 1. The highest BCUT2D eigenvalue weighted by Gasteiger charge is 2.22. The highest BCUT2D eigenvalue weighted by molar-refractivity contribution is 5.76. The Labute approximate surface area is 144 Å². The summed E-state index contributed by atoms with van der Waals surface area (Å²) in [5, 5.41) is 9.52. The molecule has 5 nitrogen and oxygen atoms in total. The van der Waals surface area contributed by atoms with Crippen LogP contribution in [0.5, 0.6) is 0 Å². The van der Waals surface area contributed by atoms with E-state index in [1.54, 1.807) is 0 Å². The van der Waals surface area contributed by atoms with Crippen molar-refractivity contribution in [1.29, 1.82) is 0 Å². The molecule has 1 aromatic heterocycles. The first-order valence-corrected chi connectivity index (χ1v) is 8.88. The van der Waals surface area contributed by atoms with E-state index in [-0.39, 0.29) is 6.10 Å².